The van der Waals surface area contributed by atoms with Crippen LogP contribution in [-0.4, -0.2) is 18.0 Å². The summed E-state index contributed by atoms with van der Waals surface area (Å²) in [5.41, 5.74) is 3.89. The van der Waals surface area contributed by atoms with Gasteiger partial charge >= 0.3 is 0 Å². The van der Waals surface area contributed by atoms with Crippen molar-refractivity contribution in [1.82, 2.24) is 0 Å². The predicted molar refractivity (Wildman–Crippen MR) is 125 cm³/mol. The molecule has 0 spiro atoms. The maximum absolute atomic E-state index is 12.6. The van der Waals surface area contributed by atoms with E-state index < -0.39 is 5.91 Å². The molecular weight excluding hydrogens is 417 g/mol. The quantitative estimate of drug-likeness (QED) is 0.426. The molecule has 0 aliphatic carbocycles. The Bertz CT molecular complexity index is 1050. The van der Waals surface area contributed by atoms with Gasteiger partial charge in [0.05, 0.1) is 10.0 Å². The van der Waals surface area contributed by atoms with Crippen LogP contribution in [0, 0.1) is 11.3 Å². The zero-order valence-electron chi connectivity index (χ0n) is 17.6. The van der Waals surface area contributed by atoms with Crippen molar-refractivity contribution in [3.8, 4) is 6.07 Å². The molecule has 2 aromatic rings. The van der Waals surface area contributed by atoms with Crippen LogP contribution < -0.4 is 10.2 Å². The fraction of sp³-hybridized carbons (Fsp3) is 0.333. The molecule has 0 saturated heterocycles. The molecule has 1 aliphatic heterocycles. The summed E-state index contributed by atoms with van der Waals surface area (Å²) in [6.07, 6.45) is 2.67. The Morgan fingerprint density at radius 1 is 1.27 bits per heavy atom. The van der Waals surface area contributed by atoms with Crippen molar-refractivity contribution in [2.24, 2.45) is 0 Å². The van der Waals surface area contributed by atoms with E-state index in [0.717, 1.165) is 18.5 Å². The van der Waals surface area contributed by atoms with Crippen molar-refractivity contribution < 1.29 is 4.79 Å². The van der Waals surface area contributed by atoms with Crippen LogP contribution in [0.3, 0.4) is 0 Å². The van der Waals surface area contributed by atoms with Crippen LogP contribution in [0.5, 0.6) is 0 Å². The highest BCUT2D eigenvalue weighted by Crippen LogP contribution is 2.43. The first-order valence-corrected chi connectivity index (χ1v) is 10.7. The Kier molecular flexibility index (Phi) is 6.45. The van der Waals surface area contributed by atoms with Gasteiger partial charge < -0.3 is 10.2 Å². The molecule has 156 valence electrons. The van der Waals surface area contributed by atoms with Gasteiger partial charge in [-0.15, -0.1) is 0 Å². The number of benzene rings is 2. The highest BCUT2D eigenvalue weighted by molar-refractivity contribution is 6.42. The van der Waals surface area contributed by atoms with Crippen molar-refractivity contribution in [3.63, 3.8) is 0 Å². The zero-order chi connectivity index (χ0) is 22.1. The van der Waals surface area contributed by atoms with Gasteiger partial charge in [-0.05, 0) is 80.6 Å². The van der Waals surface area contributed by atoms with Gasteiger partial charge in [0.15, 0.2) is 0 Å². The third-order valence-corrected chi connectivity index (χ3v) is 6.32. The van der Waals surface area contributed by atoms with Crippen molar-refractivity contribution >= 4 is 46.6 Å². The summed E-state index contributed by atoms with van der Waals surface area (Å²) in [4.78, 5) is 15.0. The first-order valence-electron chi connectivity index (χ1n) is 9.96. The standard InChI is InChI=1S/C24H25Cl2N3O/c1-5-29-22-9-6-16(11-19(22)15(2)13-24(29,3)4)10-17(14-27)23(30)28-18-7-8-20(25)21(26)12-18/h6-12,15H,5,13H2,1-4H3,(H,28,30)/b17-10+. The lowest BCUT2D eigenvalue weighted by atomic mass is 9.79. The van der Waals surface area contributed by atoms with Gasteiger partial charge in [0.1, 0.15) is 11.6 Å². The first-order chi connectivity index (χ1) is 14.2. The van der Waals surface area contributed by atoms with E-state index >= 15 is 0 Å². The number of hydrogen-bond acceptors (Lipinski definition) is 3. The minimum Gasteiger partial charge on any atom is -0.366 e. The number of anilines is 2. The molecule has 0 fully saturated rings. The number of hydrogen-bond donors (Lipinski definition) is 1. The topological polar surface area (TPSA) is 56.1 Å². The molecule has 1 heterocycles. The predicted octanol–water partition coefficient (Wildman–Crippen LogP) is 6.65. The second-order valence-electron chi connectivity index (χ2n) is 8.23. The second kappa shape index (κ2) is 8.71. The molecule has 1 N–H and O–H groups in total. The summed E-state index contributed by atoms with van der Waals surface area (Å²) in [6, 6.07) is 12.9. The van der Waals surface area contributed by atoms with Gasteiger partial charge in [-0.1, -0.05) is 36.2 Å². The van der Waals surface area contributed by atoms with Crippen LogP contribution in [0.4, 0.5) is 11.4 Å². The minimum atomic E-state index is -0.488. The second-order valence-corrected chi connectivity index (χ2v) is 9.05. The molecule has 1 amide bonds. The molecular formula is C24H25Cl2N3O. The Morgan fingerprint density at radius 3 is 2.63 bits per heavy atom. The van der Waals surface area contributed by atoms with Crippen LogP contribution in [0.25, 0.3) is 6.08 Å². The Balaban J connectivity index is 1.89. The Morgan fingerprint density at radius 2 is 2.00 bits per heavy atom. The monoisotopic (exact) mass is 441 g/mol. The normalized spacial score (nSPS) is 17.8. The molecule has 0 bridgehead atoms. The third-order valence-electron chi connectivity index (χ3n) is 5.58. The summed E-state index contributed by atoms with van der Waals surface area (Å²) in [6.45, 7) is 9.85. The third kappa shape index (κ3) is 4.48. The number of carbonyl (C=O) groups excluding carboxylic acids is 1. The summed E-state index contributed by atoms with van der Waals surface area (Å²) < 4.78 is 0. The Hall–Kier alpha value is -2.48. The molecule has 1 unspecified atom stereocenters. The fourth-order valence-corrected chi connectivity index (χ4v) is 4.58. The van der Waals surface area contributed by atoms with E-state index in [2.05, 4.69) is 50.0 Å². The fourth-order valence-electron chi connectivity index (χ4n) is 4.28. The number of nitrogens with one attached hydrogen (secondary N) is 1. The van der Waals surface area contributed by atoms with Crippen LogP contribution in [0.1, 0.15) is 51.2 Å². The molecule has 6 heteroatoms. The number of halogens is 2. The molecule has 0 saturated carbocycles. The SMILES string of the molecule is CCN1c2ccc(/C=C(\C#N)C(=O)Nc3ccc(Cl)c(Cl)c3)cc2C(C)CC1(C)C. The largest absolute Gasteiger partial charge is 0.366 e. The van der Waals surface area contributed by atoms with Gasteiger partial charge in [-0.3, -0.25) is 4.79 Å². The number of amides is 1. The Labute approximate surface area is 188 Å². The average molecular weight is 442 g/mol. The van der Waals surface area contributed by atoms with E-state index in [1.807, 2.05) is 12.1 Å². The van der Waals surface area contributed by atoms with E-state index in [1.165, 1.54) is 11.3 Å². The van der Waals surface area contributed by atoms with Gasteiger partial charge in [0, 0.05) is 23.5 Å². The summed E-state index contributed by atoms with van der Waals surface area (Å²) in [5.74, 6) is -0.0975. The lowest BCUT2D eigenvalue weighted by Crippen LogP contribution is -2.48. The molecule has 3 rings (SSSR count). The lowest BCUT2D eigenvalue weighted by Gasteiger charge is -2.47. The molecule has 30 heavy (non-hydrogen) atoms. The van der Waals surface area contributed by atoms with Crippen LogP contribution in [-0.2, 0) is 4.79 Å². The molecule has 0 radical (unpaired) electrons. The van der Waals surface area contributed by atoms with Crippen LogP contribution >= 0.6 is 23.2 Å². The summed E-state index contributed by atoms with van der Waals surface area (Å²) in [5, 5.41) is 13.0. The molecule has 1 aliphatic rings. The van der Waals surface area contributed by atoms with Gasteiger partial charge in [0.25, 0.3) is 5.91 Å². The van der Waals surface area contributed by atoms with E-state index in [1.54, 1.807) is 24.3 Å². The summed E-state index contributed by atoms with van der Waals surface area (Å²) >= 11 is 11.9. The highest BCUT2D eigenvalue weighted by atomic mass is 35.5. The van der Waals surface area contributed by atoms with E-state index in [-0.39, 0.29) is 11.1 Å². The summed E-state index contributed by atoms with van der Waals surface area (Å²) in [7, 11) is 0. The van der Waals surface area contributed by atoms with Gasteiger partial charge in [0.2, 0.25) is 0 Å². The lowest BCUT2D eigenvalue weighted by molar-refractivity contribution is -0.112. The smallest absolute Gasteiger partial charge is 0.266 e. The molecule has 0 aromatic heterocycles. The minimum absolute atomic E-state index is 0.0252. The van der Waals surface area contributed by atoms with E-state index in [4.69, 9.17) is 23.2 Å². The number of rotatable bonds is 4. The molecule has 1 atom stereocenters. The van der Waals surface area contributed by atoms with Crippen LogP contribution in [0.15, 0.2) is 42.0 Å². The van der Waals surface area contributed by atoms with Gasteiger partial charge in [-0.25, -0.2) is 0 Å². The first kappa shape index (κ1) is 22.2. The number of fused-ring (bicyclic) bond motifs is 1. The van der Waals surface area contributed by atoms with Crippen molar-refractivity contribution in [1.29, 1.82) is 5.26 Å². The molecule has 2 aromatic carbocycles. The average Bonchev–Trinajstić information content (AvgIpc) is 2.68. The zero-order valence-corrected chi connectivity index (χ0v) is 19.1. The number of carbonyl (C=O) groups is 1. The maximum atomic E-state index is 12.6. The maximum Gasteiger partial charge on any atom is 0.266 e. The van der Waals surface area contributed by atoms with Crippen molar-refractivity contribution in [2.45, 2.75) is 45.6 Å². The highest BCUT2D eigenvalue weighted by Gasteiger charge is 2.35. The van der Waals surface area contributed by atoms with Crippen molar-refractivity contribution in [3.05, 3.63) is 63.1 Å². The number of nitrogens with zero attached hydrogens (tertiary/aromatic N) is 2. The van der Waals surface area contributed by atoms with Gasteiger partial charge in [-0.2, -0.15) is 5.26 Å². The van der Waals surface area contributed by atoms with Crippen molar-refractivity contribution in [2.75, 3.05) is 16.8 Å². The van der Waals surface area contributed by atoms with E-state index in [9.17, 15) is 10.1 Å². The van der Waals surface area contributed by atoms with E-state index in [0.29, 0.717) is 21.7 Å². The van der Waals surface area contributed by atoms with Crippen LogP contribution in [0.2, 0.25) is 10.0 Å². The molecule has 4 nitrogen and oxygen atoms in total. The number of nitriles is 1.